The van der Waals surface area contributed by atoms with Gasteiger partial charge in [0.1, 0.15) is 5.75 Å². The van der Waals surface area contributed by atoms with Crippen molar-refractivity contribution in [2.75, 3.05) is 6.61 Å². The van der Waals surface area contributed by atoms with Crippen LogP contribution < -0.4 is 4.74 Å². The first-order valence-corrected chi connectivity index (χ1v) is 7.21. The molecule has 0 saturated carbocycles. The Hall–Kier alpha value is -2.35. The summed E-state index contributed by atoms with van der Waals surface area (Å²) in [7, 11) is 0. The monoisotopic (exact) mass is 280 g/mol. The fourth-order valence-corrected chi connectivity index (χ4v) is 1.88. The van der Waals surface area contributed by atoms with Gasteiger partial charge in [-0.05, 0) is 37.1 Å². The molecule has 0 aliphatic rings. The normalized spacial score (nSPS) is 10.8. The highest BCUT2D eigenvalue weighted by Crippen LogP contribution is 2.14. The third kappa shape index (κ3) is 4.60. The Kier molecular flexibility index (Phi) is 5.33. The Morgan fingerprint density at radius 1 is 1.05 bits per heavy atom. The van der Waals surface area contributed by atoms with Gasteiger partial charge in [-0.2, -0.15) is 0 Å². The molecular formula is C19H20O2. The molecule has 2 aromatic carbocycles. The average molecular weight is 280 g/mol. The maximum atomic E-state index is 12.0. The van der Waals surface area contributed by atoms with Gasteiger partial charge in [-0.25, -0.2) is 0 Å². The van der Waals surface area contributed by atoms with Gasteiger partial charge in [0.25, 0.3) is 0 Å². The van der Waals surface area contributed by atoms with Crippen LogP contribution in [-0.2, 0) is 0 Å². The number of benzene rings is 2. The van der Waals surface area contributed by atoms with E-state index < -0.39 is 0 Å². The lowest BCUT2D eigenvalue weighted by atomic mass is 10.1. The van der Waals surface area contributed by atoms with E-state index in [0.29, 0.717) is 5.56 Å². The van der Waals surface area contributed by atoms with Crippen LogP contribution in [0.4, 0.5) is 0 Å². The number of carbonyl (C=O) groups is 1. The molecule has 2 heteroatoms. The van der Waals surface area contributed by atoms with E-state index in [2.05, 4.69) is 6.92 Å². The van der Waals surface area contributed by atoms with Crippen LogP contribution in [0.5, 0.6) is 5.75 Å². The molecule has 0 spiro atoms. The summed E-state index contributed by atoms with van der Waals surface area (Å²) in [6, 6.07) is 15.3. The number of aryl methyl sites for hydroxylation is 1. The van der Waals surface area contributed by atoms with Crippen molar-refractivity contribution in [2.24, 2.45) is 0 Å². The van der Waals surface area contributed by atoms with Crippen LogP contribution in [0.1, 0.15) is 34.8 Å². The summed E-state index contributed by atoms with van der Waals surface area (Å²) in [4.78, 5) is 12.0. The second-order valence-electron chi connectivity index (χ2n) is 4.98. The zero-order chi connectivity index (χ0) is 15.1. The highest BCUT2D eigenvalue weighted by Gasteiger charge is 2.00. The molecule has 0 aliphatic carbocycles. The number of hydrogen-bond acceptors (Lipinski definition) is 2. The number of allylic oxidation sites excluding steroid dienone is 1. The molecule has 21 heavy (non-hydrogen) atoms. The molecule has 0 aliphatic heterocycles. The minimum atomic E-state index is 0.0151. The standard InChI is InChI=1S/C19H20O2/c1-3-14-21-18-11-6-16(7-12-18)8-13-19(20)17-9-4-15(2)5-10-17/h4-13H,3,14H2,1-2H3/b13-8+. The zero-order valence-corrected chi connectivity index (χ0v) is 12.5. The molecule has 0 N–H and O–H groups in total. The molecule has 0 saturated heterocycles. The predicted octanol–water partition coefficient (Wildman–Crippen LogP) is 4.68. The maximum absolute atomic E-state index is 12.0. The van der Waals surface area contributed by atoms with Crippen LogP contribution in [0.3, 0.4) is 0 Å². The second-order valence-corrected chi connectivity index (χ2v) is 4.98. The molecule has 0 heterocycles. The summed E-state index contributed by atoms with van der Waals surface area (Å²) in [6.45, 7) is 4.81. The molecular weight excluding hydrogens is 260 g/mol. The van der Waals surface area contributed by atoms with Crippen LogP contribution in [0.15, 0.2) is 54.6 Å². The highest BCUT2D eigenvalue weighted by molar-refractivity contribution is 6.06. The van der Waals surface area contributed by atoms with Crippen molar-refractivity contribution in [1.82, 2.24) is 0 Å². The van der Waals surface area contributed by atoms with Crippen molar-refractivity contribution >= 4 is 11.9 Å². The van der Waals surface area contributed by atoms with E-state index >= 15 is 0 Å². The number of hydrogen-bond donors (Lipinski definition) is 0. The van der Waals surface area contributed by atoms with Crippen LogP contribution in [0, 0.1) is 6.92 Å². The molecule has 0 fully saturated rings. The van der Waals surface area contributed by atoms with E-state index in [4.69, 9.17) is 4.74 Å². The van der Waals surface area contributed by atoms with Crippen molar-refractivity contribution in [1.29, 1.82) is 0 Å². The molecule has 2 nitrogen and oxygen atoms in total. The summed E-state index contributed by atoms with van der Waals surface area (Å²) < 4.78 is 5.53. The van der Waals surface area contributed by atoms with Gasteiger partial charge in [0.2, 0.25) is 0 Å². The van der Waals surface area contributed by atoms with Crippen LogP contribution in [0.25, 0.3) is 6.08 Å². The summed E-state index contributed by atoms with van der Waals surface area (Å²) >= 11 is 0. The van der Waals surface area contributed by atoms with Crippen LogP contribution in [0.2, 0.25) is 0 Å². The Bertz CT molecular complexity index is 607. The Labute approximate surface area is 126 Å². The smallest absolute Gasteiger partial charge is 0.185 e. The van der Waals surface area contributed by atoms with E-state index in [1.54, 1.807) is 6.08 Å². The maximum Gasteiger partial charge on any atom is 0.185 e. The minimum absolute atomic E-state index is 0.0151. The first-order valence-electron chi connectivity index (χ1n) is 7.21. The van der Waals surface area contributed by atoms with Crippen LogP contribution >= 0.6 is 0 Å². The lowest BCUT2D eigenvalue weighted by molar-refractivity contribution is 0.104. The number of rotatable bonds is 6. The number of ketones is 1. The van der Waals surface area contributed by atoms with Gasteiger partial charge in [0, 0.05) is 5.56 Å². The molecule has 0 radical (unpaired) electrons. The van der Waals surface area contributed by atoms with Crippen molar-refractivity contribution in [3.05, 3.63) is 71.3 Å². The summed E-state index contributed by atoms with van der Waals surface area (Å²) in [6.07, 6.45) is 4.42. The molecule has 0 aromatic heterocycles. The summed E-state index contributed by atoms with van der Waals surface area (Å²) in [5.41, 5.74) is 2.84. The lowest BCUT2D eigenvalue weighted by Crippen LogP contribution is -1.95. The molecule has 0 atom stereocenters. The van der Waals surface area contributed by atoms with Crippen molar-refractivity contribution in [3.8, 4) is 5.75 Å². The van der Waals surface area contributed by atoms with E-state index in [1.165, 1.54) is 0 Å². The van der Waals surface area contributed by atoms with Gasteiger partial charge in [-0.3, -0.25) is 4.79 Å². The topological polar surface area (TPSA) is 26.3 Å². The Morgan fingerprint density at radius 3 is 2.33 bits per heavy atom. The van der Waals surface area contributed by atoms with Crippen molar-refractivity contribution in [2.45, 2.75) is 20.3 Å². The third-order valence-electron chi connectivity index (χ3n) is 3.12. The first kappa shape index (κ1) is 15.0. The number of carbonyl (C=O) groups excluding carboxylic acids is 1. The van der Waals surface area contributed by atoms with E-state index in [9.17, 15) is 4.79 Å². The van der Waals surface area contributed by atoms with Gasteiger partial charge in [0.15, 0.2) is 5.78 Å². The molecule has 0 amide bonds. The van der Waals surface area contributed by atoms with Gasteiger partial charge in [-0.1, -0.05) is 55.0 Å². The van der Waals surface area contributed by atoms with E-state index in [-0.39, 0.29) is 5.78 Å². The molecule has 2 aromatic rings. The Morgan fingerprint density at radius 2 is 1.71 bits per heavy atom. The largest absolute Gasteiger partial charge is 0.494 e. The van der Waals surface area contributed by atoms with Crippen LogP contribution in [-0.4, -0.2) is 12.4 Å². The quantitative estimate of drug-likeness (QED) is 0.567. The fraction of sp³-hybridized carbons (Fsp3) is 0.211. The zero-order valence-electron chi connectivity index (χ0n) is 12.5. The van der Waals surface area contributed by atoms with E-state index in [0.717, 1.165) is 29.9 Å². The van der Waals surface area contributed by atoms with Crippen molar-refractivity contribution in [3.63, 3.8) is 0 Å². The molecule has 2 rings (SSSR count). The molecule has 0 bridgehead atoms. The fourth-order valence-electron chi connectivity index (χ4n) is 1.88. The minimum Gasteiger partial charge on any atom is -0.494 e. The Balaban J connectivity index is 2.00. The second kappa shape index (κ2) is 7.44. The average Bonchev–Trinajstić information content (AvgIpc) is 2.52. The SMILES string of the molecule is CCCOc1ccc(/C=C/C(=O)c2ccc(C)cc2)cc1. The molecule has 0 unspecified atom stereocenters. The summed E-state index contributed by atoms with van der Waals surface area (Å²) in [5.74, 6) is 0.875. The summed E-state index contributed by atoms with van der Waals surface area (Å²) in [5, 5.41) is 0. The lowest BCUT2D eigenvalue weighted by Gasteiger charge is -2.04. The van der Waals surface area contributed by atoms with Gasteiger partial charge < -0.3 is 4.74 Å². The van der Waals surface area contributed by atoms with E-state index in [1.807, 2.05) is 61.5 Å². The third-order valence-corrected chi connectivity index (χ3v) is 3.12. The van der Waals surface area contributed by atoms with Crippen molar-refractivity contribution < 1.29 is 9.53 Å². The highest BCUT2D eigenvalue weighted by atomic mass is 16.5. The predicted molar refractivity (Wildman–Crippen MR) is 86.8 cm³/mol. The van der Waals surface area contributed by atoms with Gasteiger partial charge >= 0.3 is 0 Å². The van der Waals surface area contributed by atoms with Gasteiger partial charge in [-0.15, -0.1) is 0 Å². The first-order chi connectivity index (χ1) is 10.2. The van der Waals surface area contributed by atoms with Gasteiger partial charge in [0.05, 0.1) is 6.61 Å². The number of ether oxygens (including phenoxy) is 1. The molecule has 108 valence electrons.